The molecule has 2 aliphatic rings. The van der Waals surface area contributed by atoms with Gasteiger partial charge in [-0.05, 0) is 49.9 Å². The van der Waals surface area contributed by atoms with Crippen molar-refractivity contribution in [2.75, 3.05) is 24.6 Å². The lowest BCUT2D eigenvalue weighted by molar-refractivity contribution is 0.124. The van der Waals surface area contributed by atoms with Gasteiger partial charge in [-0.25, -0.2) is 0 Å². The maximum atomic E-state index is 2.75. The Balaban J connectivity index is 1.77. The Morgan fingerprint density at radius 1 is 1.14 bits per heavy atom. The highest BCUT2D eigenvalue weighted by molar-refractivity contribution is 7.99. The zero-order valence-electron chi connectivity index (χ0n) is 9.54. The molecule has 82 valence electrons. The van der Waals surface area contributed by atoms with Gasteiger partial charge in [0.2, 0.25) is 0 Å². The van der Waals surface area contributed by atoms with Crippen LogP contribution in [0.3, 0.4) is 0 Å². The SMILES string of the molecule is CC(C)C1CCN(C2CCSC2)CC1. The molecular formula is C12H23NS. The molecule has 2 rings (SSSR count). The minimum Gasteiger partial charge on any atom is -0.300 e. The van der Waals surface area contributed by atoms with Crippen molar-refractivity contribution in [1.82, 2.24) is 4.90 Å². The van der Waals surface area contributed by atoms with Crippen LogP contribution in [0, 0.1) is 11.8 Å². The van der Waals surface area contributed by atoms with E-state index in [-0.39, 0.29) is 0 Å². The molecule has 0 spiro atoms. The van der Waals surface area contributed by atoms with Crippen molar-refractivity contribution in [2.24, 2.45) is 11.8 Å². The second kappa shape index (κ2) is 4.89. The molecule has 0 bridgehead atoms. The lowest BCUT2D eigenvalue weighted by Gasteiger charge is -2.37. The smallest absolute Gasteiger partial charge is 0.0194 e. The molecule has 0 radical (unpaired) electrons. The molecule has 0 N–H and O–H groups in total. The summed E-state index contributed by atoms with van der Waals surface area (Å²) in [4.78, 5) is 2.75. The van der Waals surface area contributed by atoms with Gasteiger partial charge in [0.15, 0.2) is 0 Å². The van der Waals surface area contributed by atoms with Gasteiger partial charge in [-0.15, -0.1) is 0 Å². The van der Waals surface area contributed by atoms with Crippen LogP contribution in [0.15, 0.2) is 0 Å². The largest absolute Gasteiger partial charge is 0.300 e. The predicted octanol–water partition coefficient (Wildman–Crippen LogP) is 2.86. The summed E-state index contributed by atoms with van der Waals surface area (Å²) < 4.78 is 0. The highest BCUT2D eigenvalue weighted by atomic mass is 32.2. The Hall–Kier alpha value is 0.310. The third-order valence-electron chi connectivity index (χ3n) is 3.94. The number of hydrogen-bond acceptors (Lipinski definition) is 2. The fourth-order valence-corrected chi connectivity index (χ4v) is 4.02. The summed E-state index contributed by atoms with van der Waals surface area (Å²) in [6.45, 7) is 7.50. The topological polar surface area (TPSA) is 3.24 Å². The van der Waals surface area contributed by atoms with E-state index in [1.54, 1.807) is 0 Å². The maximum Gasteiger partial charge on any atom is 0.0194 e. The summed E-state index contributed by atoms with van der Waals surface area (Å²) in [6, 6.07) is 0.924. The van der Waals surface area contributed by atoms with Crippen LogP contribution in [-0.4, -0.2) is 35.5 Å². The molecular weight excluding hydrogens is 190 g/mol. The van der Waals surface area contributed by atoms with Gasteiger partial charge in [0.05, 0.1) is 0 Å². The Kier molecular flexibility index (Phi) is 3.78. The third kappa shape index (κ3) is 2.46. The van der Waals surface area contributed by atoms with Crippen molar-refractivity contribution in [3.05, 3.63) is 0 Å². The first-order chi connectivity index (χ1) is 6.77. The molecule has 0 saturated carbocycles. The minimum absolute atomic E-state index is 0.898. The first-order valence-corrected chi connectivity index (χ1v) is 7.24. The molecule has 2 heteroatoms. The number of rotatable bonds is 2. The molecule has 0 aromatic rings. The Morgan fingerprint density at radius 3 is 2.36 bits per heavy atom. The van der Waals surface area contributed by atoms with E-state index in [9.17, 15) is 0 Å². The molecule has 14 heavy (non-hydrogen) atoms. The normalized spacial score (nSPS) is 31.5. The van der Waals surface area contributed by atoms with E-state index in [4.69, 9.17) is 0 Å². The van der Waals surface area contributed by atoms with E-state index in [0.29, 0.717) is 0 Å². The molecule has 1 unspecified atom stereocenters. The first-order valence-electron chi connectivity index (χ1n) is 6.09. The molecule has 2 aliphatic heterocycles. The zero-order chi connectivity index (χ0) is 9.97. The third-order valence-corrected chi connectivity index (χ3v) is 5.08. The number of nitrogens with zero attached hydrogens (tertiary/aromatic N) is 1. The van der Waals surface area contributed by atoms with Gasteiger partial charge in [-0.3, -0.25) is 4.90 Å². The number of hydrogen-bond donors (Lipinski definition) is 0. The second-order valence-corrected chi connectivity index (χ2v) is 6.28. The lowest BCUT2D eigenvalue weighted by Crippen LogP contribution is -2.42. The summed E-state index contributed by atoms with van der Waals surface area (Å²) in [5, 5.41) is 0. The van der Waals surface area contributed by atoms with Crippen LogP contribution in [0.1, 0.15) is 33.1 Å². The van der Waals surface area contributed by atoms with Crippen molar-refractivity contribution < 1.29 is 0 Å². The molecule has 0 aliphatic carbocycles. The van der Waals surface area contributed by atoms with E-state index < -0.39 is 0 Å². The van der Waals surface area contributed by atoms with E-state index in [1.165, 1.54) is 43.9 Å². The second-order valence-electron chi connectivity index (χ2n) is 5.13. The summed E-state index contributed by atoms with van der Waals surface area (Å²) in [7, 11) is 0. The molecule has 1 nitrogen and oxygen atoms in total. The Morgan fingerprint density at radius 2 is 1.86 bits per heavy atom. The molecule has 0 amide bonds. The van der Waals surface area contributed by atoms with Crippen LogP contribution in [0.4, 0.5) is 0 Å². The summed E-state index contributed by atoms with van der Waals surface area (Å²) >= 11 is 2.14. The van der Waals surface area contributed by atoms with Gasteiger partial charge in [0.1, 0.15) is 0 Å². The highest BCUT2D eigenvalue weighted by Crippen LogP contribution is 2.29. The van der Waals surface area contributed by atoms with Crippen LogP contribution in [-0.2, 0) is 0 Å². The van der Waals surface area contributed by atoms with Crippen LogP contribution >= 0.6 is 11.8 Å². The maximum absolute atomic E-state index is 2.75. The van der Waals surface area contributed by atoms with Crippen molar-refractivity contribution in [3.8, 4) is 0 Å². The van der Waals surface area contributed by atoms with Gasteiger partial charge in [0, 0.05) is 11.8 Å². The summed E-state index contributed by atoms with van der Waals surface area (Å²) in [5.74, 6) is 4.69. The number of thioether (sulfide) groups is 1. The van der Waals surface area contributed by atoms with Crippen molar-refractivity contribution in [3.63, 3.8) is 0 Å². The zero-order valence-corrected chi connectivity index (χ0v) is 10.4. The van der Waals surface area contributed by atoms with E-state index in [0.717, 1.165) is 17.9 Å². The summed E-state index contributed by atoms with van der Waals surface area (Å²) in [5.41, 5.74) is 0. The fraction of sp³-hybridized carbons (Fsp3) is 1.00. The molecule has 0 aromatic carbocycles. The van der Waals surface area contributed by atoms with Crippen LogP contribution in [0.25, 0.3) is 0 Å². The molecule has 0 aromatic heterocycles. The van der Waals surface area contributed by atoms with Gasteiger partial charge in [-0.2, -0.15) is 11.8 Å². The average Bonchev–Trinajstić information content (AvgIpc) is 2.71. The molecule has 2 heterocycles. The van der Waals surface area contributed by atoms with Crippen LogP contribution in [0.5, 0.6) is 0 Å². The molecule has 1 atom stereocenters. The average molecular weight is 213 g/mol. The monoisotopic (exact) mass is 213 g/mol. The standard InChI is InChI=1S/C12H23NS/c1-10(2)11-3-6-13(7-4-11)12-5-8-14-9-12/h10-12H,3-9H2,1-2H3. The first kappa shape index (κ1) is 10.8. The number of likely N-dealkylation sites (tertiary alicyclic amines) is 1. The molecule has 2 fully saturated rings. The minimum atomic E-state index is 0.898. The van der Waals surface area contributed by atoms with Gasteiger partial charge < -0.3 is 0 Å². The predicted molar refractivity (Wildman–Crippen MR) is 64.9 cm³/mol. The van der Waals surface area contributed by atoms with Gasteiger partial charge in [-0.1, -0.05) is 13.8 Å². The van der Waals surface area contributed by atoms with E-state index in [1.807, 2.05) is 0 Å². The lowest BCUT2D eigenvalue weighted by atomic mass is 9.86. The van der Waals surface area contributed by atoms with Crippen molar-refractivity contribution in [2.45, 2.75) is 39.2 Å². The fourth-order valence-electron chi connectivity index (χ4n) is 2.76. The van der Waals surface area contributed by atoms with Gasteiger partial charge in [0.25, 0.3) is 0 Å². The number of piperidine rings is 1. The quantitative estimate of drug-likeness (QED) is 0.694. The molecule has 2 saturated heterocycles. The van der Waals surface area contributed by atoms with E-state index in [2.05, 4.69) is 30.5 Å². The Bertz CT molecular complexity index is 167. The van der Waals surface area contributed by atoms with Crippen molar-refractivity contribution >= 4 is 11.8 Å². The Labute approximate surface area is 92.6 Å². The summed E-state index contributed by atoms with van der Waals surface area (Å²) in [6.07, 6.45) is 4.33. The van der Waals surface area contributed by atoms with Crippen LogP contribution in [0.2, 0.25) is 0 Å². The van der Waals surface area contributed by atoms with E-state index >= 15 is 0 Å². The van der Waals surface area contributed by atoms with Gasteiger partial charge >= 0.3 is 0 Å². The van der Waals surface area contributed by atoms with Crippen molar-refractivity contribution in [1.29, 1.82) is 0 Å². The van der Waals surface area contributed by atoms with Crippen LogP contribution < -0.4 is 0 Å². The highest BCUT2D eigenvalue weighted by Gasteiger charge is 2.28.